The number of nitrogens with one attached hydrogen (secondary N) is 1. The van der Waals surface area contributed by atoms with E-state index in [9.17, 15) is 13.2 Å². The third-order valence-electron chi connectivity index (χ3n) is 2.49. The summed E-state index contributed by atoms with van der Waals surface area (Å²) in [7, 11) is 1.09. The Balaban J connectivity index is 2.20. The van der Waals surface area contributed by atoms with Crippen LogP contribution in [0.2, 0.25) is 0 Å². The lowest BCUT2D eigenvalue weighted by Gasteiger charge is -2.06. The summed E-state index contributed by atoms with van der Waals surface area (Å²) in [6, 6.07) is 3.58. The molecule has 0 fully saturated rings. The quantitative estimate of drug-likeness (QED) is 0.869. The molecule has 0 aliphatic heterocycles. The van der Waals surface area contributed by atoms with E-state index in [4.69, 9.17) is 0 Å². The number of H-pyrrole nitrogens is 1. The molecule has 19 heavy (non-hydrogen) atoms. The van der Waals surface area contributed by atoms with Gasteiger partial charge in [-0.1, -0.05) is 0 Å². The number of aromatic amines is 1. The Labute approximate surface area is 107 Å². The molecule has 0 saturated heterocycles. The average molecular weight is 268 g/mol. The second-order valence-electron chi connectivity index (χ2n) is 3.86. The minimum atomic E-state index is -4.51. The fraction of sp³-hybridized carbons (Fsp3) is 0.250. The predicted molar refractivity (Wildman–Crippen MR) is 64.1 cm³/mol. The Morgan fingerprint density at radius 3 is 2.58 bits per heavy atom. The second kappa shape index (κ2) is 5.21. The first-order valence-electron chi connectivity index (χ1n) is 5.48. The van der Waals surface area contributed by atoms with E-state index in [0.717, 1.165) is 12.6 Å². The minimum absolute atomic E-state index is 0.265. The van der Waals surface area contributed by atoms with Gasteiger partial charge in [0, 0.05) is 37.8 Å². The van der Waals surface area contributed by atoms with Crippen molar-refractivity contribution in [2.24, 2.45) is 4.99 Å². The lowest BCUT2D eigenvalue weighted by molar-refractivity contribution is -0.0584. The molecule has 0 aliphatic rings. The first kappa shape index (κ1) is 13.3. The van der Waals surface area contributed by atoms with E-state index in [1.807, 2.05) is 0 Å². The number of rotatable bonds is 3. The number of aromatic nitrogens is 3. The van der Waals surface area contributed by atoms with Gasteiger partial charge in [-0.05, 0) is 17.7 Å². The number of alkyl halides is 3. The fourth-order valence-electron chi connectivity index (χ4n) is 1.66. The predicted octanol–water partition coefficient (Wildman–Crippen LogP) is 2.38. The van der Waals surface area contributed by atoms with Crippen molar-refractivity contribution in [3.63, 3.8) is 0 Å². The second-order valence-corrected chi connectivity index (χ2v) is 3.86. The van der Waals surface area contributed by atoms with Gasteiger partial charge in [-0.2, -0.15) is 13.2 Å². The van der Waals surface area contributed by atoms with Gasteiger partial charge in [0.25, 0.3) is 0 Å². The van der Waals surface area contributed by atoms with Crippen LogP contribution in [0.15, 0.2) is 35.7 Å². The van der Waals surface area contributed by atoms with E-state index in [1.54, 1.807) is 24.5 Å². The maximum Gasteiger partial charge on any atom is 0.436 e. The van der Waals surface area contributed by atoms with Crippen molar-refractivity contribution in [3.8, 4) is 0 Å². The Bertz CT molecular complexity index is 572. The lowest BCUT2D eigenvalue weighted by Crippen LogP contribution is -2.25. The van der Waals surface area contributed by atoms with Crippen molar-refractivity contribution in [1.29, 1.82) is 0 Å². The molecule has 0 amide bonds. The molecule has 0 spiro atoms. The molecule has 2 heterocycles. The van der Waals surface area contributed by atoms with E-state index in [-0.39, 0.29) is 5.82 Å². The molecule has 0 aromatic carbocycles. The van der Waals surface area contributed by atoms with Crippen LogP contribution in [-0.4, -0.2) is 33.9 Å². The van der Waals surface area contributed by atoms with Crippen LogP contribution in [0.1, 0.15) is 17.1 Å². The molecule has 4 nitrogen and oxygen atoms in total. The van der Waals surface area contributed by atoms with Crippen LogP contribution in [0, 0.1) is 0 Å². The number of aliphatic imine (C=N–C) groups is 1. The van der Waals surface area contributed by atoms with Crippen LogP contribution >= 0.6 is 0 Å². The molecule has 2 aromatic rings. The van der Waals surface area contributed by atoms with E-state index in [0.29, 0.717) is 12.1 Å². The molecule has 2 aromatic heterocycles. The number of halogens is 3. The van der Waals surface area contributed by atoms with Crippen LogP contribution in [0.5, 0.6) is 0 Å². The van der Waals surface area contributed by atoms with Gasteiger partial charge in [0.2, 0.25) is 0 Å². The summed E-state index contributed by atoms with van der Waals surface area (Å²) in [6.45, 7) is 0. The third kappa shape index (κ3) is 3.18. The zero-order valence-corrected chi connectivity index (χ0v) is 10.1. The van der Waals surface area contributed by atoms with Crippen molar-refractivity contribution in [1.82, 2.24) is 15.0 Å². The summed E-state index contributed by atoms with van der Waals surface area (Å²) >= 11 is 0. The topological polar surface area (TPSA) is 53.9 Å². The molecule has 0 atom stereocenters. The average Bonchev–Trinajstić information content (AvgIpc) is 2.77. The van der Waals surface area contributed by atoms with E-state index in [2.05, 4.69) is 19.9 Å². The highest BCUT2D eigenvalue weighted by atomic mass is 19.4. The molecule has 7 heteroatoms. The van der Waals surface area contributed by atoms with E-state index in [1.165, 1.54) is 6.20 Å². The van der Waals surface area contributed by atoms with Crippen molar-refractivity contribution >= 4 is 5.71 Å². The van der Waals surface area contributed by atoms with Gasteiger partial charge in [0.05, 0.1) is 0 Å². The summed E-state index contributed by atoms with van der Waals surface area (Å²) in [6.07, 6.45) is 0.583. The van der Waals surface area contributed by atoms with Crippen LogP contribution in [0.3, 0.4) is 0 Å². The maximum absolute atomic E-state index is 12.6. The standard InChI is InChI=1S/C12H11F3N4/c1-16-10(12(13,14)15)11-18-7-9(19-11)6-8-2-4-17-5-3-8/h2-5,7H,6H2,1H3,(H,18,19)/b16-10-. The van der Waals surface area contributed by atoms with Crippen molar-refractivity contribution in [2.75, 3.05) is 7.05 Å². The summed E-state index contributed by atoms with van der Waals surface area (Å²) in [5.41, 5.74) is 0.521. The Morgan fingerprint density at radius 2 is 2.00 bits per heavy atom. The molecule has 100 valence electrons. The van der Waals surface area contributed by atoms with Gasteiger partial charge in [0.15, 0.2) is 11.5 Å². The number of pyridine rings is 1. The van der Waals surface area contributed by atoms with Crippen molar-refractivity contribution < 1.29 is 13.2 Å². The van der Waals surface area contributed by atoms with Gasteiger partial charge in [0.1, 0.15) is 0 Å². The number of hydrogen-bond acceptors (Lipinski definition) is 3. The number of imidazole rings is 1. The molecule has 2 rings (SSSR count). The summed E-state index contributed by atoms with van der Waals surface area (Å²) in [4.78, 5) is 13.5. The normalized spacial score (nSPS) is 12.7. The SMILES string of the molecule is C/N=C(/c1ncc(Cc2ccncc2)[nH]1)C(F)(F)F. The Hall–Kier alpha value is -2.18. The molecule has 0 bridgehead atoms. The van der Waals surface area contributed by atoms with Crippen LogP contribution < -0.4 is 0 Å². The zero-order chi connectivity index (χ0) is 13.9. The summed E-state index contributed by atoms with van der Waals surface area (Å²) in [5.74, 6) is -0.265. The van der Waals surface area contributed by atoms with Crippen molar-refractivity contribution in [3.05, 3.63) is 47.8 Å². The van der Waals surface area contributed by atoms with E-state index >= 15 is 0 Å². The monoisotopic (exact) mass is 268 g/mol. The maximum atomic E-state index is 12.6. The molecule has 1 N–H and O–H groups in total. The van der Waals surface area contributed by atoms with E-state index < -0.39 is 11.9 Å². The van der Waals surface area contributed by atoms with Gasteiger partial charge in [-0.15, -0.1) is 0 Å². The molecule has 0 unspecified atom stereocenters. The highest BCUT2D eigenvalue weighted by molar-refractivity contribution is 6.01. The van der Waals surface area contributed by atoms with Crippen molar-refractivity contribution in [2.45, 2.75) is 12.6 Å². The van der Waals surface area contributed by atoms with Gasteiger partial charge in [-0.3, -0.25) is 9.98 Å². The first-order chi connectivity index (χ1) is 9.00. The Morgan fingerprint density at radius 1 is 1.32 bits per heavy atom. The molecule has 0 saturated carbocycles. The van der Waals surface area contributed by atoms with Gasteiger partial charge in [-0.25, -0.2) is 4.98 Å². The first-order valence-corrected chi connectivity index (χ1v) is 5.48. The van der Waals surface area contributed by atoms with Gasteiger partial charge >= 0.3 is 6.18 Å². The highest BCUT2D eigenvalue weighted by Gasteiger charge is 2.38. The highest BCUT2D eigenvalue weighted by Crippen LogP contribution is 2.21. The number of hydrogen-bond donors (Lipinski definition) is 1. The molecular formula is C12H11F3N4. The third-order valence-corrected chi connectivity index (χ3v) is 2.49. The Kier molecular flexibility index (Phi) is 3.64. The largest absolute Gasteiger partial charge is 0.436 e. The van der Waals surface area contributed by atoms with Gasteiger partial charge < -0.3 is 4.98 Å². The van der Waals surface area contributed by atoms with Crippen LogP contribution in [0.25, 0.3) is 0 Å². The van der Waals surface area contributed by atoms with Crippen LogP contribution in [-0.2, 0) is 6.42 Å². The minimum Gasteiger partial charge on any atom is -0.340 e. The molecule has 0 aliphatic carbocycles. The smallest absolute Gasteiger partial charge is 0.340 e. The summed E-state index contributed by atoms with van der Waals surface area (Å²) in [5, 5.41) is 0. The zero-order valence-electron chi connectivity index (χ0n) is 10.1. The molecular weight excluding hydrogens is 257 g/mol. The molecule has 0 radical (unpaired) electrons. The summed E-state index contributed by atoms with van der Waals surface area (Å²) < 4.78 is 37.9. The lowest BCUT2D eigenvalue weighted by atomic mass is 10.1. The fourth-order valence-corrected chi connectivity index (χ4v) is 1.66. The van der Waals surface area contributed by atoms with Crippen LogP contribution in [0.4, 0.5) is 13.2 Å². The number of nitrogens with zero attached hydrogens (tertiary/aromatic N) is 3.